The first-order valence-electron chi connectivity index (χ1n) is 4.65. The van der Waals surface area contributed by atoms with Crippen LogP contribution in [0.1, 0.15) is 39.5 Å². The van der Waals surface area contributed by atoms with Gasteiger partial charge in [0.05, 0.1) is 0 Å². The molecule has 0 bridgehead atoms. The SMILES string of the molecule is CCCC=CC1=C(C)C(=O)CC1. The maximum absolute atomic E-state index is 11.1. The van der Waals surface area contributed by atoms with Gasteiger partial charge in [-0.15, -0.1) is 0 Å². The highest BCUT2D eigenvalue weighted by Gasteiger charge is 2.16. The fourth-order valence-corrected chi connectivity index (χ4v) is 1.40. The van der Waals surface area contributed by atoms with E-state index in [9.17, 15) is 4.79 Å². The van der Waals surface area contributed by atoms with Crippen molar-refractivity contribution in [3.8, 4) is 0 Å². The third-order valence-corrected chi connectivity index (χ3v) is 2.30. The minimum atomic E-state index is 0.325. The standard InChI is InChI=1S/C11H16O/c1-3-4-5-6-10-7-8-11(12)9(10)2/h5-6H,3-4,7-8H2,1-2H3. The smallest absolute Gasteiger partial charge is 0.159 e. The summed E-state index contributed by atoms with van der Waals surface area (Å²) in [6, 6.07) is 0. The molecular weight excluding hydrogens is 148 g/mol. The highest BCUT2D eigenvalue weighted by molar-refractivity contribution is 5.98. The molecule has 0 aliphatic heterocycles. The first kappa shape index (κ1) is 9.24. The van der Waals surface area contributed by atoms with Crippen LogP contribution in [0.2, 0.25) is 0 Å². The van der Waals surface area contributed by atoms with Crippen molar-refractivity contribution in [2.45, 2.75) is 39.5 Å². The molecule has 1 rings (SSSR count). The molecule has 1 nitrogen and oxygen atoms in total. The number of carbonyl (C=O) groups excluding carboxylic acids is 1. The number of ketones is 1. The molecule has 0 radical (unpaired) electrons. The zero-order valence-corrected chi connectivity index (χ0v) is 7.89. The van der Waals surface area contributed by atoms with E-state index in [0.717, 1.165) is 24.8 Å². The van der Waals surface area contributed by atoms with E-state index in [1.165, 1.54) is 12.0 Å². The molecule has 0 aromatic rings. The fraction of sp³-hybridized carbons (Fsp3) is 0.545. The molecule has 0 heterocycles. The van der Waals surface area contributed by atoms with Gasteiger partial charge in [-0.1, -0.05) is 25.5 Å². The molecule has 0 atom stereocenters. The quantitative estimate of drug-likeness (QED) is 0.626. The van der Waals surface area contributed by atoms with Crippen molar-refractivity contribution in [3.63, 3.8) is 0 Å². The largest absolute Gasteiger partial charge is 0.295 e. The Hall–Kier alpha value is -0.850. The second-order valence-electron chi connectivity index (χ2n) is 3.26. The van der Waals surface area contributed by atoms with Crippen LogP contribution in [-0.2, 0) is 4.79 Å². The van der Waals surface area contributed by atoms with Gasteiger partial charge < -0.3 is 0 Å². The predicted molar refractivity (Wildman–Crippen MR) is 51.0 cm³/mol. The highest BCUT2D eigenvalue weighted by Crippen LogP contribution is 2.23. The van der Waals surface area contributed by atoms with Crippen molar-refractivity contribution in [1.29, 1.82) is 0 Å². The number of hydrogen-bond acceptors (Lipinski definition) is 1. The van der Waals surface area contributed by atoms with Gasteiger partial charge in [0.1, 0.15) is 0 Å². The van der Waals surface area contributed by atoms with E-state index in [4.69, 9.17) is 0 Å². The van der Waals surface area contributed by atoms with Crippen molar-refractivity contribution in [3.05, 3.63) is 23.3 Å². The topological polar surface area (TPSA) is 17.1 Å². The lowest BCUT2D eigenvalue weighted by atomic mass is 10.1. The number of unbranched alkanes of at least 4 members (excludes halogenated alkanes) is 1. The van der Waals surface area contributed by atoms with Crippen molar-refractivity contribution < 1.29 is 4.79 Å². The van der Waals surface area contributed by atoms with E-state index in [1.54, 1.807) is 0 Å². The third-order valence-electron chi connectivity index (χ3n) is 2.30. The van der Waals surface area contributed by atoms with Gasteiger partial charge >= 0.3 is 0 Å². The second kappa shape index (κ2) is 4.24. The van der Waals surface area contributed by atoms with Crippen molar-refractivity contribution in [1.82, 2.24) is 0 Å². The average molecular weight is 164 g/mol. The van der Waals surface area contributed by atoms with Crippen LogP contribution in [0.25, 0.3) is 0 Å². The first-order valence-corrected chi connectivity index (χ1v) is 4.65. The third kappa shape index (κ3) is 2.07. The zero-order chi connectivity index (χ0) is 8.97. The van der Waals surface area contributed by atoms with Crippen molar-refractivity contribution >= 4 is 5.78 Å². The van der Waals surface area contributed by atoms with E-state index < -0.39 is 0 Å². The maximum Gasteiger partial charge on any atom is 0.159 e. The van der Waals surface area contributed by atoms with Crippen LogP contribution in [0.5, 0.6) is 0 Å². The van der Waals surface area contributed by atoms with Crippen molar-refractivity contribution in [2.24, 2.45) is 0 Å². The molecule has 0 unspecified atom stereocenters. The summed E-state index contributed by atoms with van der Waals surface area (Å²) in [5.74, 6) is 0.325. The Morgan fingerprint density at radius 1 is 1.42 bits per heavy atom. The van der Waals surface area contributed by atoms with Gasteiger partial charge in [0.2, 0.25) is 0 Å². The van der Waals surface area contributed by atoms with Crippen LogP contribution in [-0.4, -0.2) is 5.78 Å². The van der Waals surface area contributed by atoms with Crippen LogP contribution in [0.3, 0.4) is 0 Å². The fourth-order valence-electron chi connectivity index (χ4n) is 1.40. The normalized spacial score (nSPS) is 18.3. The Labute approximate surface area is 74.2 Å². The lowest BCUT2D eigenvalue weighted by molar-refractivity contribution is -0.114. The lowest BCUT2D eigenvalue weighted by Gasteiger charge is -1.92. The number of carbonyl (C=O) groups is 1. The van der Waals surface area contributed by atoms with Crippen LogP contribution in [0, 0.1) is 0 Å². The minimum absolute atomic E-state index is 0.325. The molecule has 66 valence electrons. The van der Waals surface area contributed by atoms with Gasteiger partial charge in [-0.2, -0.15) is 0 Å². The van der Waals surface area contributed by atoms with E-state index in [2.05, 4.69) is 19.1 Å². The van der Waals surface area contributed by atoms with Crippen molar-refractivity contribution in [2.75, 3.05) is 0 Å². The van der Waals surface area contributed by atoms with E-state index in [0.29, 0.717) is 5.78 Å². The van der Waals surface area contributed by atoms with E-state index >= 15 is 0 Å². The maximum atomic E-state index is 11.1. The summed E-state index contributed by atoms with van der Waals surface area (Å²) in [6.07, 6.45) is 8.24. The first-order chi connectivity index (χ1) is 5.75. The molecule has 0 aromatic carbocycles. The molecule has 1 aliphatic carbocycles. The van der Waals surface area contributed by atoms with Gasteiger partial charge in [-0.3, -0.25) is 4.79 Å². The van der Waals surface area contributed by atoms with Crippen LogP contribution >= 0.6 is 0 Å². The summed E-state index contributed by atoms with van der Waals surface area (Å²) in [6.45, 7) is 4.09. The summed E-state index contributed by atoms with van der Waals surface area (Å²) in [7, 11) is 0. The van der Waals surface area contributed by atoms with E-state index in [-0.39, 0.29) is 0 Å². The minimum Gasteiger partial charge on any atom is -0.295 e. The molecule has 0 fully saturated rings. The van der Waals surface area contributed by atoms with Gasteiger partial charge in [0, 0.05) is 6.42 Å². The summed E-state index contributed by atoms with van der Waals surface area (Å²) >= 11 is 0. The lowest BCUT2D eigenvalue weighted by Crippen LogP contribution is -1.89. The van der Waals surface area contributed by atoms with Gasteiger partial charge in [0.15, 0.2) is 5.78 Å². The van der Waals surface area contributed by atoms with Crippen LogP contribution in [0.4, 0.5) is 0 Å². The van der Waals surface area contributed by atoms with Crippen LogP contribution < -0.4 is 0 Å². The summed E-state index contributed by atoms with van der Waals surface area (Å²) in [4.78, 5) is 11.1. The Morgan fingerprint density at radius 2 is 2.17 bits per heavy atom. The Morgan fingerprint density at radius 3 is 2.67 bits per heavy atom. The molecule has 12 heavy (non-hydrogen) atoms. The molecule has 1 aliphatic rings. The van der Waals surface area contributed by atoms with Crippen LogP contribution in [0.15, 0.2) is 23.3 Å². The number of Topliss-reactive ketones (excluding diaryl/α,β-unsaturated/α-hetero) is 1. The molecular formula is C11H16O. The number of hydrogen-bond donors (Lipinski definition) is 0. The molecule has 0 amide bonds. The molecule has 1 heteroatoms. The Bertz CT molecular complexity index is 233. The molecule has 0 saturated heterocycles. The summed E-state index contributed by atoms with van der Waals surface area (Å²) < 4.78 is 0. The molecule has 0 N–H and O–H groups in total. The molecule has 0 aromatic heterocycles. The summed E-state index contributed by atoms with van der Waals surface area (Å²) in [5.41, 5.74) is 2.22. The van der Waals surface area contributed by atoms with Gasteiger partial charge in [-0.05, 0) is 30.9 Å². The monoisotopic (exact) mass is 164 g/mol. The highest BCUT2D eigenvalue weighted by atomic mass is 16.1. The van der Waals surface area contributed by atoms with Gasteiger partial charge in [0.25, 0.3) is 0 Å². The average Bonchev–Trinajstić information content (AvgIpc) is 2.36. The Kier molecular flexibility index (Phi) is 3.27. The number of rotatable bonds is 3. The molecule has 0 spiro atoms. The predicted octanol–water partition coefficient (Wildman–Crippen LogP) is 3.02. The summed E-state index contributed by atoms with van der Waals surface area (Å²) in [5, 5.41) is 0. The van der Waals surface area contributed by atoms with E-state index in [1.807, 2.05) is 6.92 Å². The zero-order valence-electron chi connectivity index (χ0n) is 7.89. The second-order valence-corrected chi connectivity index (χ2v) is 3.26. The number of allylic oxidation sites excluding steroid dienone is 4. The van der Waals surface area contributed by atoms with Gasteiger partial charge in [-0.25, -0.2) is 0 Å². The Balaban J connectivity index is 2.58. The molecule has 0 saturated carbocycles.